The van der Waals surface area contributed by atoms with Gasteiger partial charge in [0.15, 0.2) is 0 Å². The third-order valence-corrected chi connectivity index (χ3v) is 0.925. The normalized spacial score (nSPS) is 8.25. The van der Waals surface area contributed by atoms with Gasteiger partial charge in [-0.25, -0.2) is 0 Å². The zero-order chi connectivity index (χ0) is 5.54. The zero-order valence-electron chi connectivity index (χ0n) is 5.41. The molecule has 8 heavy (non-hydrogen) atoms. The SMILES string of the molecule is CCCCCNN.O. The molecule has 0 bridgehead atoms. The van der Waals surface area contributed by atoms with Crippen molar-refractivity contribution >= 4 is 0 Å². The Morgan fingerprint density at radius 1 is 1.38 bits per heavy atom. The van der Waals surface area contributed by atoms with Crippen molar-refractivity contribution in [2.24, 2.45) is 5.84 Å². The van der Waals surface area contributed by atoms with Crippen LogP contribution in [0.1, 0.15) is 26.2 Å². The minimum atomic E-state index is 0. The van der Waals surface area contributed by atoms with E-state index in [1.807, 2.05) is 0 Å². The molecule has 5 N–H and O–H groups in total. The van der Waals surface area contributed by atoms with Crippen molar-refractivity contribution in [1.82, 2.24) is 5.43 Å². The van der Waals surface area contributed by atoms with Gasteiger partial charge in [-0.15, -0.1) is 0 Å². The average molecular weight is 120 g/mol. The lowest BCUT2D eigenvalue weighted by atomic mass is 10.3. The molecule has 0 aliphatic rings. The van der Waals surface area contributed by atoms with Crippen LogP contribution in [0.15, 0.2) is 0 Å². The van der Waals surface area contributed by atoms with Crippen molar-refractivity contribution in [2.75, 3.05) is 6.54 Å². The van der Waals surface area contributed by atoms with Gasteiger partial charge in [0.1, 0.15) is 0 Å². The summed E-state index contributed by atoms with van der Waals surface area (Å²) in [6, 6.07) is 0. The number of rotatable bonds is 4. The van der Waals surface area contributed by atoms with Crippen LogP contribution in [0.4, 0.5) is 0 Å². The van der Waals surface area contributed by atoms with E-state index in [0.29, 0.717) is 0 Å². The van der Waals surface area contributed by atoms with Gasteiger partial charge in [0, 0.05) is 6.54 Å². The molecule has 0 heterocycles. The third kappa shape index (κ3) is 9.30. The smallest absolute Gasteiger partial charge is 0.00974 e. The minimum absolute atomic E-state index is 0. The van der Waals surface area contributed by atoms with Crippen LogP contribution < -0.4 is 11.3 Å². The Bertz CT molecular complexity index is 29.6. The summed E-state index contributed by atoms with van der Waals surface area (Å²) < 4.78 is 0. The summed E-state index contributed by atoms with van der Waals surface area (Å²) in [6.45, 7) is 3.13. The molecule has 0 saturated heterocycles. The summed E-state index contributed by atoms with van der Waals surface area (Å²) >= 11 is 0. The highest BCUT2D eigenvalue weighted by molar-refractivity contribution is 4.37. The fourth-order valence-electron chi connectivity index (χ4n) is 0.477. The minimum Gasteiger partial charge on any atom is -0.412 e. The van der Waals surface area contributed by atoms with Gasteiger partial charge < -0.3 is 5.48 Å². The quantitative estimate of drug-likeness (QED) is 0.307. The van der Waals surface area contributed by atoms with Crippen LogP contribution in [0.25, 0.3) is 0 Å². The average Bonchev–Trinajstić information content (AvgIpc) is 1.69. The summed E-state index contributed by atoms with van der Waals surface area (Å²) in [5, 5.41) is 0. The molecule has 3 heteroatoms. The molecule has 0 amide bonds. The summed E-state index contributed by atoms with van der Waals surface area (Å²) in [5.41, 5.74) is 2.60. The molecule has 0 unspecified atom stereocenters. The highest BCUT2D eigenvalue weighted by Crippen LogP contribution is 1.89. The Balaban J connectivity index is 0. The molecular formula is C5H16N2O. The molecular weight excluding hydrogens is 104 g/mol. The number of hydrazine groups is 1. The van der Waals surface area contributed by atoms with Crippen molar-refractivity contribution in [3.05, 3.63) is 0 Å². The highest BCUT2D eigenvalue weighted by Gasteiger charge is 1.79. The fourth-order valence-corrected chi connectivity index (χ4v) is 0.477. The number of unbranched alkanes of at least 4 members (excludes halogenated alkanes) is 2. The van der Waals surface area contributed by atoms with E-state index in [4.69, 9.17) is 5.84 Å². The predicted molar refractivity (Wildman–Crippen MR) is 35.3 cm³/mol. The first-order chi connectivity index (χ1) is 3.41. The predicted octanol–water partition coefficient (Wildman–Crippen LogP) is -0.185. The molecule has 3 nitrogen and oxygen atoms in total. The first-order valence-corrected chi connectivity index (χ1v) is 2.85. The van der Waals surface area contributed by atoms with Gasteiger partial charge >= 0.3 is 0 Å². The molecule has 0 aromatic heterocycles. The van der Waals surface area contributed by atoms with E-state index in [1.54, 1.807) is 0 Å². The lowest BCUT2D eigenvalue weighted by molar-refractivity contribution is 0.637. The molecule has 0 aliphatic heterocycles. The van der Waals surface area contributed by atoms with Gasteiger partial charge in [0.25, 0.3) is 0 Å². The molecule has 0 radical (unpaired) electrons. The second-order valence-corrected chi connectivity index (χ2v) is 1.66. The largest absolute Gasteiger partial charge is 0.412 e. The van der Waals surface area contributed by atoms with Crippen LogP contribution in [0.5, 0.6) is 0 Å². The monoisotopic (exact) mass is 120 g/mol. The first-order valence-electron chi connectivity index (χ1n) is 2.85. The van der Waals surface area contributed by atoms with Crippen LogP contribution in [0, 0.1) is 0 Å². The van der Waals surface area contributed by atoms with Crippen molar-refractivity contribution in [1.29, 1.82) is 0 Å². The molecule has 0 saturated carbocycles. The van der Waals surface area contributed by atoms with Gasteiger partial charge in [-0.1, -0.05) is 19.8 Å². The number of hydrogen-bond donors (Lipinski definition) is 2. The van der Waals surface area contributed by atoms with E-state index in [1.165, 1.54) is 19.3 Å². The second kappa shape index (κ2) is 9.99. The van der Waals surface area contributed by atoms with E-state index >= 15 is 0 Å². The zero-order valence-corrected chi connectivity index (χ0v) is 5.41. The maximum atomic E-state index is 5.02. The maximum Gasteiger partial charge on any atom is 0.00974 e. The highest BCUT2D eigenvalue weighted by atomic mass is 16.0. The van der Waals surface area contributed by atoms with Gasteiger partial charge in [-0.3, -0.25) is 11.3 Å². The van der Waals surface area contributed by atoms with Crippen molar-refractivity contribution < 1.29 is 5.48 Å². The Morgan fingerprint density at radius 3 is 2.38 bits per heavy atom. The number of nitrogens with one attached hydrogen (secondary N) is 1. The molecule has 0 aliphatic carbocycles. The fraction of sp³-hybridized carbons (Fsp3) is 1.00. The van der Waals surface area contributed by atoms with Gasteiger partial charge in [-0.2, -0.15) is 0 Å². The van der Waals surface area contributed by atoms with E-state index in [9.17, 15) is 0 Å². The van der Waals surface area contributed by atoms with E-state index in [0.717, 1.165) is 6.54 Å². The van der Waals surface area contributed by atoms with Crippen molar-refractivity contribution in [3.8, 4) is 0 Å². The number of nitrogens with two attached hydrogens (primary N) is 1. The van der Waals surface area contributed by atoms with Gasteiger partial charge in [0.05, 0.1) is 0 Å². The lowest BCUT2D eigenvalue weighted by Gasteiger charge is -1.93. The summed E-state index contributed by atoms with van der Waals surface area (Å²) in [5.74, 6) is 5.02. The van der Waals surface area contributed by atoms with Crippen LogP contribution in [-0.4, -0.2) is 12.0 Å². The Morgan fingerprint density at radius 2 is 2.00 bits per heavy atom. The van der Waals surface area contributed by atoms with Crippen molar-refractivity contribution in [2.45, 2.75) is 26.2 Å². The molecule has 0 spiro atoms. The van der Waals surface area contributed by atoms with Crippen LogP contribution >= 0.6 is 0 Å². The Labute approximate surface area is 50.5 Å². The van der Waals surface area contributed by atoms with Crippen LogP contribution in [-0.2, 0) is 0 Å². The standard InChI is InChI=1S/C5H14N2.H2O/c1-2-3-4-5-7-6;/h7H,2-6H2,1H3;1H2. The van der Waals surface area contributed by atoms with Crippen LogP contribution in [0.3, 0.4) is 0 Å². The molecule has 52 valence electrons. The first kappa shape index (κ1) is 10.8. The maximum absolute atomic E-state index is 5.02. The van der Waals surface area contributed by atoms with Gasteiger partial charge in [-0.05, 0) is 6.42 Å². The molecule has 0 atom stereocenters. The third-order valence-electron chi connectivity index (χ3n) is 0.925. The molecule has 0 rings (SSSR count). The van der Waals surface area contributed by atoms with E-state index in [2.05, 4.69) is 12.3 Å². The summed E-state index contributed by atoms with van der Waals surface area (Å²) in [7, 11) is 0. The summed E-state index contributed by atoms with van der Waals surface area (Å²) in [6.07, 6.45) is 3.75. The van der Waals surface area contributed by atoms with E-state index < -0.39 is 0 Å². The van der Waals surface area contributed by atoms with E-state index in [-0.39, 0.29) is 5.48 Å². The molecule has 0 fully saturated rings. The molecule has 0 aromatic carbocycles. The Hall–Kier alpha value is -0.120. The Kier molecular flexibility index (Phi) is 13.5. The van der Waals surface area contributed by atoms with Gasteiger partial charge in [0.2, 0.25) is 0 Å². The number of hydrogen-bond acceptors (Lipinski definition) is 2. The summed E-state index contributed by atoms with van der Waals surface area (Å²) in [4.78, 5) is 0. The topological polar surface area (TPSA) is 69.5 Å². The van der Waals surface area contributed by atoms with Crippen molar-refractivity contribution in [3.63, 3.8) is 0 Å². The lowest BCUT2D eigenvalue weighted by Crippen LogP contribution is -2.22. The van der Waals surface area contributed by atoms with Crippen LogP contribution in [0.2, 0.25) is 0 Å². The second-order valence-electron chi connectivity index (χ2n) is 1.66. The molecule has 0 aromatic rings.